The summed E-state index contributed by atoms with van der Waals surface area (Å²) in [5.41, 5.74) is 7.39. The third-order valence-corrected chi connectivity index (χ3v) is 7.27. The van der Waals surface area contributed by atoms with E-state index in [9.17, 15) is 13.6 Å². The van der Waals surface area contributed by atoms with Crippen molar-refractivity contribution in [3.05, 3.63) is 94.0 Å². The minimum Gasteiger partial charge on any atom is -0.495 e. The number of hydrogen-bond acceptors (Lipinski definition) is 7. The number of hydrogen-bond donors (Lipinski definition) is 2. The Hall–Kier alpha value is -4.64. The molecule has 39 heavy (non-hydrogen) atoms. The van der Waals surface area contributed by atoms with Crippen LogP contribution < -0.4 is 15.8 Å². The number of carbonyl (C=O) groups is 1. The normalized spacial score (nSPS) is 16.4. The Morgan fingerprint density at radius 2 is 1.95 bits per heavy atom. The Labute approximate surface area is 225 Å². The first-order valence-electron chi connectivity index (χ1n) is 11.8. The molecule has 0 radical (unpaired) electrons. The molecule has 2 aromatic carbocycles. The molecule has 1 atom stereocenters. The van der Waals surface area contributed by atoms with Crippen molar-refractivity contribution in [1.29, 1.82) is 0 Å². The first kappa shape index (κ1) is 24.7. The fourth-order valence-corrected chi connectivity index (χ4v) is 5.03. The highest BCUT2D eigenvalue weighted by Crippen LogP contribution is 2.46. The fourth-order valence-electron chi connectivity index (χ4n) is 4.84. The van der Waals surface area contributed by atoms with Gasteiger partial charge in [-0.1, -0.05) is 29.8 Å². The van der Waals surface area contributed by atoms with Gasteiger partial charge in [0.25, 0.3) is 0 Å². The van der Waals surface area contributed by atoms with Gasteiger partial charge >= 0.3 is 0 Å². The summed E-state index contributed by atoms with van der Waals surface area (Å²) in [7, 11) is 1.35. The monoisotopic (exact) mass is 547 g/mol. The van der Waals surface area contributed by atoms with Crippen molar-refractivity contribution in [1.82, 2.24) is 24.3 Å². The molecule has 3 N–H and O–H groups in total. The maximum Gasteiger partial charge on any atom is 0.240 e. The number of aromatic nitrogens is 5. The van der Waals surface area contributed by atoms with Gasteiger partial charge in [-0.3, -0.25) is 4.79 Å². The molecule has 1 aliphatic heterocycles. The van der Waals surface area contributed by atoms with Crippen molar-refractivity contribution in [2.45, 2.75) is 18.8 Å². The van der Waals surface area contributed by atoms with Gasteiger partial charge in [-0.25, -0.2) is 28.7 Å². The van der Waals surface area contributed by atoms with Gasteiger partial charge in [0, 0.05) is 25.0 Å². The van der Waals surface area contributed by atoms with Gasteiger partial charge < -0.3 is 20.2 Å². The third-order valence-electron chi connectivity index (χ3n) is 6.90. The molecule has 0 aliphatic carbocycles. The molecular weight excluding hydrogens is 528 g/mol. The second kappa shape index (κ2) is 8.98. The van der Waals surface area contributed by atoms with E-state index in [1.807, 2.05) is 0 Å². The SMILES string of the molecule is COc1cc(C2(C)C(=O)Nc3nc(-c4cn5ccnc5c(Cc5ccccc5F)n4)nc(N)c32)cc(F)c1Cl. The van der Waals surface area contributed by atoms with Crippen LogP contribution in [0.3, 0.4) is 0 Å². The number of benzene rings is 2. The van der Waals surface area contributed by atoms with E-state index >= 15 is 0 Å². The van der Waals surface area contributed by atoms with Crippen molar-refractivity contribution in [3.8, 4) is 17.3 Å². The van der Waals surface area contributed by atoms with Crippen LogP contribution in [0.15, 0.2) is 55.0 Å². The van der Waals surface area contributed by atoms with Crippen molar-refractivity contribution in [2.75, 3.05) is 18.2 Å². The fraction of sp³-hybridized carbons (Fsp3) is 0.148. The molecule has 0 spiro atoms. The summed E-state index contributed by atoms with van der Waals surface area (Å²) in [6.07, 6.45) is 5.18. The highest BCUT2D eigenvalue weighted by atomic mass is 35.5. The van der Waals surface area contributed by atoms with Crippen LogP contribution in [-0.2, 0) is 16.6 Å². The number of rotatable bonds is 5. The molecule has 1 unspecified atom stereocenters. The van der Waals surface area contributed by atoms with Crippen LogP contribution in [0, 0.1) is 11.6 Å². The van der Waals surface area contributed by atoms with E-state index in [4.69, 9.17) is 22.1 Å². The lowest BCUT2D eigenvalue weighted by Crippen LogP contribution is -2.33. The molecule has 0 bridgehead atoms. The molecule has 9 nitrogen and oxygen atoms in total. The van der Waals surface area contributed by atoms with Gasteiger partial charge in [0.2, 0.25) is 5.91 Å². The van der Waals surface area contributed by atoms with Gasteiger partial charge in [0.05, 0.1) is 18.4 Å². The largest absolute Gasteiger partial charge is 0.495 e. The summed E-state index contributed by atoms with van der Waals surface area (Å²) in [5, 5.41) is 2.54. The topological polar surface area (TPSA) is 120 Å². The van der Waals surface area contributed by atoms with Gasteiger partial charge in [0.1, 0.15) is 45.2 Å². The average molecular weight is 548 g/mol. The molecular formula is C27H20ClF2N7O2. The average Bonchev–Trinajstić information content (AvgIpc) is 3.49. The molecule has 3 aromatic heterocycles. The quantitative estimate of drug-likeness (QED) is 0.331. The van der Waals surface area contributed by atoms with E-state index in [2.05, 4.69) is 25.3 Å². The predicted molar refractivity (Wildman–Crippen MR) is 141 cm³/mol. The van der Waals surface area contributed by atoms with Crippen molar-refractivity contribution >= 4 is 34.8 Å². The Kier molecular flexibility index (Phi) is 5.69. The number of nitrogens with two attached hydrogens (primary N) is 1. The number of halogens is 3. The van der Waals surface area contributed by atoms with Crippen LogP contribution in [0.4, 0.5) is 20.4 Å². The van der Waals surface area contributed by atoms with Crippen molar-refractivity contribution < 1.29 is 18.3 Å². The third kappa shape index (κ3) is 3.85. The van der Waals surface area contributed by atoms with E-state index in [1.165, 1.54) is 19.2 Å². The Morgan fingerprint density at radius 3 is 2.72 bits per heavy atom. The number of amides is 1. The first-order chi connectivity index (χ1) is 18.7. The second-order valence-corrected chi connectivity index (χ2v) is 9.59. The summed E-state index contributed by atoms with van der Waals surface area (Å²) in [6.45, 7) is 1.60. The zero-order valence-electron chi connectivity index (χ0n) is 20.7. The van der Waals surface area contributed by atoms with E-state index in [1.54, 1.807) is 48.1 Å². The number of nitrogen functional groups attached to an aromatic ring is 1. The minimum atomic E-state index is -1.42. The molecule has 12 heteroatoms. The van der Waals surface area contributed by atoms with Crippen LogP contribution >= 0.6 is 11.6 Å². The molecule has 0 saturated heterocycles. The highest BCUT2D eigenvalue weighted by molar-refractivity contribution is 6.32. The van der Waals surface area contributed by atoms with Crippen molar-refractivity contribution in [3.63, 3.8) is 0 Å². The summed E-state index contributed by atoms with van der Waals surface area (Å²) >= 11 is 6.00. The lowest BCUT2D eigenvalue weighted by Gasteiger charge is -2.24. The van der Waals surface area contributed by atoms with E-state index in [0.717, 1.165) is 6.07 Å². The Morgan fingerprint density at radius 1 is 1.15 bits per heavy atom. The lowest BCUT2D eigenvalue weighted by atomic mass is 9.77. The van der Waals surface area contributed by atoms with Crippen LogP contribution in [-0.4, -0.2) is 37.4 Å². The molecule has 4 heterocycles. The molecule has 1 amide bonds. The summed E-state index contributed by atoms with van der Waals surface area (Å²) in [6, 6.07) is 9.07. The zero-order chi connectivity index (χ0) is 27.5. The van der Waals surface area contributed by atoms with Crippen LogP contribution in [0.1, 0.15) is 29.3 Å². The number of carbonyl (C=O) groups excluding carboxylic acids is 1. The van der Waals surface area contributed by atoms with Gasteiger partial charge in [-0.2, -0.15) is 0 Å². The minimum absolute atomic E-state index is 0.00774. The predicted octanol–water partition coefficient (Wildman–Crippen LogP) is 4.56. The lowest BCUT2D eigenvalue weighted by molar-refractivity contribution is -0.119. The van der Waals surface area contributed by atoms with Gasteiger partial charge in [0.15, 0.2) is 11.5 Å². The Balaban J connectivity index is 1.47. The first-order valence-corrected chi connectivity index (χ1v) is 12.2. The summed E-state index contributed by atoms with van der Waals surface area (Å²) < 4.78 is 35.9. The van der Waals surface area contributed by atoms with Gasteiger partial charge in [-0.05, 0) is 36.2 Å². The Bertz CT molecular complexity index is 1810. The van der Waals surface area contributed by atoms with Crippen LogP contribution in [0.5, 0.6) is 5.75 Å². The highest BCUT2D eigenvalue weighted by Gasteiger charge is 2.48. The van der Waals surface area contributed by atoms with Crippen LogP contribution in [0.25, 0.3) is 17.2 Å². The maximum atomic E-state index is 14.6. The van der Waals surface area contributed by atoms with E-state index in [-0.39, 0.29) is 51.6 Å². The summed E-state index contributed by atoms with van der Waals surface area (Å²) in [4.78, 5) is 31.3. The second-order valence-electron chi connectivity index (χ2n) is 9.21. The number of nitrogens with one attached hydrogen (secondary N) is 1. The van der Waals surface area contributed by atoms with Crippen LogP contribution in [0.2, 0.25) is 5.02 Å². The zero-order valence-corrected chi connectivity index (χ0v) is 21.4. The molecule has 0 saturated carbocycles. The van der Waals surface area contributed by atoms with Gasteiger partial charge in [-0.15, -0.1) is 0 Å². The number of fused-ring (bicyclic) bond motifs is 2. The number of imidazole rings is 1. The number of anilines is 2. The standard InChI is InChI=1S/C27H20ClF2N7O2/c1-27(14-10-16(30)21(28)19(11-14)39-2)20-22(31)34-23(35-24(20)36-26(27)38)18-12-37-8-7-32-25(37)17(33-18)9-13-5-3-4-6-15(13)29/h3-8,10-12H,9H2,1-2H3,(H3,31,34,35,36,38). The molecule has 1 aliphatic rings. The van der Waals surface area contributed by atoms with E-state index in [0.29, 0.717) is 22.6 Å². The number of ether oxygens (including phenoxy) is 1. The number of methoxy groups -OCH3 is 1. The molecule has 0 fully saturated rings. The maximum absolute atomic E-state index is 14.6. The molecule has 6 rings (SSSR count). The smallest absolute Gasteiger partial charge is 0.240 e. The summed E-state index contributed by atoms with van der Waals surface area (Å²) in [5.74, 6) is -1.19. The van der Waals surface area contributed by atoms with Crippen molar-refractivity contribution in [2.24, 2.45) is 0 Å². The molecule has 5 aromatic rings. The number of nitrogens with zero attached hydrogens (tertiary/aromatic N) is 5. The van der Waals surface area contributed by atoms with E-state index < -0.39 is 17.1 Å². The molecule has 196 valence electrons.